The Labute approximate surface area is 128 Å². The van der Waals surface area contributed by atoms with Crippen LogP contribution in [-0.4, -0.2) is 16.9 Å². The van der Waals surface area contributed by atoms with Gasteiger partial charge >= 0.3 is 0 Å². The van der Waals surface area contributed by atoms with E-state index in [1.54, 1.807) is 12.3 Å². The van der Waals surface area contributed by atoms with Crippen molar-refractivity contribution in [2.24, 2.45) is 0 Å². The first-order chi connectivity index (χ1) is 10.7. The number of pyridine rings is 1. The van der Waals surface area contributed by atoms with Gasteiger partial charge in [0.05, 0.1) is 12.2 Å². The maximum absolute atomic E-state index is 13.7. The molecule has 1 aromatic heterocycles. The van der Waals surface area contributed by atoms with Gasteiger partial charge < -0.3 is 10.6 Å². The predicted molar refractivity (Wildman–Crippen MR) is 81.4 cm³/mol. The van der Waals surface area contributed by atoms with Gasteiger partial charge in [-0.1, -0.05) is 30.3 Å². The minimum absolute atomic E-state index is 0.0574. The van der Waals surface area contributed by atoms with Crippen LogP contribution in [0.5, 0.6) is 0 Å². The first kappa shape index (κ1) is 14.7. The van der Waals surface area contributed by atoms with Gasteiger partial charge in [-0.15, -0.1) is 0 Å². The summed E-state index contributed by atoms with van der Waals surface area (Å²) in [5.41, 5.74) is 1.64. The van der Waals surface area contributed by atoms with Gasteiger partial charge in [0.15, 0.2) is 0 Å². The smallest absolute Gasteiger partial charge is 0.220 e. The lowest BCUT2D eigenvalue weighted by Crippen LogP contribution is -2.48. The normalized spacial score (nSPS) is 21.4. The largest absolute Gasteiger partial charge is 0.348 e. The lowest BCUT2D eigenvalue weighted by atomic mass is 9.92. The third kappa shape index (κ3) is 3.31. The van der Waals surface area contributed by atoms with Crippen molar-refractivity contribution in [2.75, 3.05) is 0 Å². The van der Waals surface area contributed by atoms with Crippen molar-refractivity contribution in [2.45, 2.75) is 31.5 Å². The third-order valence-corrected chi connectivity index (χ3v) is 3.97. The zero-order valence-corrected chi connectivity index (χ0v) is 12.1. The van der Waals surface area contributed by atoms with Gasteiger partial charge in [0.25, 0.3) is 0 Å². The van der Waals surface area contributed by atoms with E-state index in [2.05, 4.69) is 15.6 Å². The Morgan fingerprint density at radius 1 is 1.27 bits per heavy atom. The average Bonchev–Trinajstić information content (AvgIpc) is 2.56. The molecule has 114 valence electrons. The highest BCUT2D eigenvalue weighted by molar-refractivity contribution is 5.77. The molecule has 2 atom stereocenters. The van der Waals surface area contributed by atoms with Crippen LogP contribution in [0.4, 0.5) is 4.39 Å². The number of hydrogen-bond donors (Lipinski definition) is 2. The van der Waals surface area contributed by atoms with Crippen LogP contribution in [-0.2, 0) is 11.3 Å². The Hall–Kier alpha value is -2.27. The molecule has 0 radical (unpaired) electrons. The molecule has 3 rings (SSSR count). The van der Waals surface area contributed by atoms with Crippen LogP contribution in [0.15, 0.2) is 48.8 Å². The Kier molecular flexibility index (Phi) is 4.44. The van der Waals surface area contributed by atoms with Crippen molar-refractivity contribution in [3.8, 4) is 0 Å². The van der Waals surface area contributed by atoms with Crippen LogP contribution in [0, 0.1) is 5.82 Å². The molecule has 1 aliphatic rings. The Morgan fingerprint density at radius 3 is 2.86 bits per heavy atom. The molecule has 1 amide bonds. The number of nitrogens with one attached hydrogen (secondary N) is 2. The first-order valence-corrected chi connectivity index (χ1v) is 7.40. The molecule has 2 N–H and O–H groups in total. The number of carbonyl (C=O) groups excluding carboxylic acids is 1. The number of rotatable bonds is 4. The molecular weight excluding hydrogens is 281 g/mol. The summed E-state index contributed by atoms with van der Waals surface area (Å²) in [6, 6.07) is 11.5. The molecular formula is C17H18FN3O. The number of carbonyl (C=O) groups is 1. The van der Waals surface area contributed by atoms with Gasteiger partial charge in [-0.2, -0.15) is 0 Å². The maximum atomic E-state index is 13.7. The predicted octanol–water partition coefficient (Wildman–Crippen LogP) is 2.33. The number of piperidine rings is 1. The molecule has 1 saturated heterocycles. The summed E-state index contributed by atoms with van der Waals surface area (Å²) < 4.78 is 13.7. The van der Waals surface area contributed by atoms with Crippen molar-refractivity contribution >= 4 is 5.91 Å². The Bertz CT molecular complexity index is 647. The molecule has 2 heterocycles. The van der Waals surface area contributed by atoms with Crippen LogP contribution < -0.4 is 10.6 Å². The lowest BCUT2D eigenvalue weighted by molar-refractivity contribution is -0.123. The van der Waals surface area contributed by atoms with Crippen LogP contribution >= 0.6 is 0 Å². The standard InChI is InChI=1S/C17H18FN3O/c18-14-11-19-9-8-13(14)10-20-15-6-7-16(22)21-17(15)12-4-2-1-3-5-12/h1-5,8-9,11,15,17,20H,6-7,10H2,(H,21,22)/t15-,17+/m1/s1. The van der Waals surface area contributed by atoms with E-state index in [1.165, 1.54) is 6.20 Å². The second kappa shape index (κ2) is 6.66. The van der Waals surface area contributed by atoms with Gasteiger partial charge in [-0.3, -0.25) is 9.78 Å². The summed E-state index contributed by atoms with van der Waals surface area (Å²) in [7, 11) is 0. The summed E-state index contributed by atoms with van der Waals surface area (Å²) in [5.74, 6) is -0.256. The molecule has 5 heteroatoms. The zero-order chi connectivity index (χ0) is 15.4. The number of nitrogens with zero attached hydrogens (tertiary/aromatic N) is 1. The quantitative estimate of drug-likeness (QED) is 0.911. The van der Waals surface area contributed by atoms with Gasteiger partial charge in [0.1, 0.15) is 5.82 Å². The highest BCUT2D eigenvalue weighted by Gasteiger charge is 2.29. The van der Waals surface area contributed by atoms with Crippen LogP contribution in [0.25, 0.3) is 0 Å². The van der Waals surface area contributed by atoms with Crippen molar-refractivity contribution < 1.29 is 9.18 Å². The van der Waals surface area contributed by atoms with Crippen LogP contribution in [0.1, 0.15) is 30.0 Å². The van der Waals surface area contributed by atoms with E-state index in [1.807, 2.05) is 30.3 Å². The lowest BCUT2D eigenvalue weighted by Gasteiger charge is -2.33. The fourth-order valence-corrected chi connectivity index (χ4v) is 2.78. The maximum Gasteiger partial charge on any atom is 0.220 e. The molecule has 22 heavy (non-hydrogen) atoms. The number of hydrogen-bond acceptors (Lipinski definition) is 3. The molecule has 0 unspecified atom stereocenters. The minimum atomic E-state index is -0.314. The highest BCUT2D eigenvalue weighted by atomic mass is 19.1. The van der Waals surface area contributed by atoms with E-state index in [0.717, 1.165) is 12.0 Å². The topological polar surface area (TPSA) is 54.0 Å². The molecule has 0 aliphatic carbocycles. The van der Waals surface area contributed by atoms with E-state index in [4.69, 9.17) is 0 Å². The summed E-state index contributed by atoms with van der Waals surface area (Å²) in [6.45, 7) is 0.415. The van der Waals surface area contributed by atoms with E-state index in [-0.39, 0.29) is 23.8 Å². The Morgan fingerprint density at radius 2 is 2.09 bits per heavy atom. The number of amides is 1. The minimum Gasteiger partial charge on any atom is -0.348 e. The number of aromatic nitrogens is 1. The zero-order valence-electron chi connectivity index (χ0n) is 12.1. The molecule has 0 bridgehead atoms. The molecule has 4 nitrogen and oxygen atoms in total. The second-order valence-electron chi connectivity index (χ2n) is 5.45. The monoisotopic (exact) mass is 299 g/mol. The van der Waals surface area contributed by atoms with Crippen LogP contribution in [0.2, 0.25) is 0 Å². The average molecular weight is 299 g/mol. The first-order valence-electron chi connectivity index (χ1n) is 7.40. The SMILES string of the molecule is O=C1CC[C@@H](NCc2ccncc2F)[C@H](c2ccccc2)N1. The van der Waals surface area contributed by atoms with Crippen molar-refractivity contribution in [3.05, 3.63) is 65.7 Å². The number of benzene rings is 1. The molecule has 2 aromatic rings. The second-order valence-corrected chi connectivity index (χ2v) is 5.45. The molecule has 1 fully saturated rings. The highest BCUT2D eigenvalue weighted by Crippen LogP contribution is 2.24. The molecule has 1 aliphatic heterocycles. The Balaban J connectivity index is 1.73. The van der Waals surface area contributed by atoms with E-state index < -0.39 is 0 Å². The molecule has 0 saturated carbocycles. The summed E-state index contributed by atoms with van der Waals surface area (Å²) >= 11 is 0. The van der Waals surface area contributed by atoms with Gasteiger partial charge in [-0.25, -0.2) is 4.39 Å². The van der Waals surface area contributed by atoms with Crippen LogP contribution in [0.3, 0.4) is 0 Å². The van der Waals surface area contributed by atoms with E-state index in [0.29, 0.717) is 18.5 Å². The fourth-order valence-electron chi connectivity index (χ4n) is 2.78. The third-order valence-electron chi connectivity index (χ3n) is 3.97. The van der Waals surface area contributed by atoms with Gasteiger partial charge in [-0.05, 0) is 18.1 Å². The molecule has 1 aromatic carbocycles. The summed E-state index contributed by atoms with van der Waals surface area (Å²) in [6.07, 6.45) is 4.02. The van der Waals surface area contributed by atoms with Crippen molar-refractivity contribution in [1.82, 2.24) is 15.6 Å². The van der Waals surface area contributed by atoms with Crippen molar-refractivity contribution in [1.29, 1.82) is 0 Å². The number of halogens is 1. The van der Waals surface area contributed by atoms with Gasteiger partial charge in [0, 0.05) is 30.8 Å². The van der Waals surface area contributed by atoms with E-state index >= 15 is 0 Å². The summed E-state index contributed by atoms with van der Waals surface area (Å²) in [4.78, 5) is 15.5. The van der Waals surface area contributed by atoms with Gasteiger partial charge in [0.2, 0.25) is 5.91 Å². The van der Waals surface area contributed by atoms with E-state index in [9.17, 15) is 9.18 Å². The molecule has 0 spiro atoms. The fraction of sp³-hybridized carbons (Fsp3) is 0.294. The van der Waals surface area contributed by atoms with Crippen molar-refractivity contribution in [3.63, 3.8) is 0 Å². The summed E-state index contributed by atoms with van der Waals surface area (Å²) in [5, 5.41) is 6.39.